The minimum absolute atomic E-state index is 0.316. The first kappa shape index (κ1) is 17.9. The van der Waals surface area contributed by atoms with Gasteiger partial charge >= 0.3 is 0 Å². The van der Waals surface area contributed by atoms with Gasteiger partial charge in [0.05, 0.1) is 12.2 Å². The predicted octanol–water partition coefficient (Wildman–Crippen LogP) is 3.70. The number of oxazole rings is 1. The quantitative estimate of drug-likeness (QED) is 0.740. The molecule has 1 N–H and O–H groups in total. The molecule has 2 aromatic heterocycles. The number of rotatable bonds is 5. The van der Waals surface area contributed by atoms with Crippen LogP contribution in [-0.4, -0.2) is 39.5 Å². The summed E-state index contributed by atoms with van der Waals surface area (Å²) < 4.78 is 19.6. The second-order valence-corrected chi connectivity index (χ2v) is 7.21. The second-order valence-electron chi connectivity index (χ2n) is 7.21. The van der Waals surface area contributed by atoms with E-state index >= 15 is 0 Å². The number of piperidine rings is 1. The first-order valence-electron chi connectivity index (χ1n) is 9.38. The average molecular weight is 369 g/mol. The summed E-state index contributed by atoms with van der Waals surface area (Å²) in [5.41, 5.74) is 1.33. The molecule has 7 heteroatoms. The summed E-state index contributed by atoms with van der Waals surface area (Å²) in [6.45, 7) is 7.56. The van der Waals surface area contributed by atoms with Crippen molar-refractivity contribution >= 4 is 16.7 Å². The molecule has 0 amide bonds. The number of aromatic nitrogens is 3. The van der Waals surface area contributed by atoms with Crippen LogP contribution in [-0.2, 0) is 6.54 Å². The van der Waals surface area contributed by atoms with E-state index in [1.165, 1.54) is 12.4 Å². The molecule has 1 fully saturated rings. The molecule has 0 saturated carbocycles. The van der Waals surface area contributed by atoms with Gasteiger partial charge < -0.3 is 9.73 Å². The van der Waals surface area contributed by atoms with Gasteiger partial charge in [-0.25, -0.2) is 19.3 Å². The van der Waals surface area contributed by atoms with Crippen molar-refractivity contribution in [1.29, 1.82) is 0 Å². The van der Waals surface area contributed by atoms with Crippen molar-refractivity contribution in [2.75, 3.05) is 25.0 Å². The molecule has 4 rings (SSSR count). The number of aryl methyl sites for hydroxylation is 2. The minimum atomic E-state index is -0.316. The molecule has 0 bridgehead atoms. The highest BCUT2D eigenvalue weighted by Gasteiger charge is 2.21. The molecule has 3 aromatic rings. The van der Waals surface area contributed by atoms with Gasteiger partial charge in [-0.15, -0.1) is 0 Å². The van der Waals surface area contributed by atoms with Crippen LogP contribution in [0.15, 0.2) is 28.9 Å². The van der Waals surface area contributed by atoms with Gasteiger partial charge in [-0.2, -0.15) is 0 Å². The lowest BCUT2D eigenvalue weighted by Gasteiger charge is -2.31. The molecular weight excluding hydrogens is 345 g/mol. The Hall–Kier alpha value is -2.54. The van der Waals surface area contributed by atoms with E-state index in [1.54, 1.807) is 6.07 Å². The van der Waals surface area contributed by atoms with Crippen molar-refractivity contribution in [2.24, 2.45) is 5.92 Å². The third-order valence-corrected chi connectivity index (χ3v) is 5.31. The van der Waals surface area contributed by atoms with E-state index in [0.717, 1.165) is 61.8 Å². The Kier molecular flexibility index (Phi) is 5.03. The first-order valence-corrected chi connectivity index (χ1v) is 9.38. The van der Waals surface area contributed by atoms with Gasteiger partial charge in [-0.1, -0.05) is 6.07 Å². The molecule has 0 aliphatic carbocycles. The average Bonchev–Trinajstić information content (AvgIpc) is 2.99. The number of benzene rings is 1. The third-order valence-electron chi connectivity index (χ3n) is 5.31. The lowest BCUT2D eigenvalue weighted by molar-refractivity contribution is 0.167. The Morgan fingerprint density at radius 1 is 1.22 bits per heavy atom. The standard InChI is InChI=1S/C20H24FN5O/c1-13-14(2)27-18(25-13)11-26-8-6-15(7-9-26)10-22-20-16-4-3-5-17(21)19(16)23-12-24-20/h3-5,12,15H,6-11H2,1-2H3,(H,22,23,24). The highest BCUT2D eigenvalue weighted by atomic mass is 19.1. The van der Waals surface area contributed by atoms with Gasteiger partial charge in [0.25, 0.3) is 0 Å². The fraction of sp³-hybridized carbons (Fsp3) is 0.450. The van der Waals surface area contributed by atoms with Crippen molar-refractivity contribution in [1.82, 2.24) is 19.9 Å². The highest BCUT2D eigenvalue weighted by Crippen LogP contribution is 2.24. The molecule has 3 heterocycles. The molecule has 142 valence electrons. The number of nitrogens with one attached hydrogen (secondary N) is 1. The van der Waals surface area contributed by atoms with Gasteiger partial charge in [0.2, 0.25) is 5.89 Å². The zero-order chi connectivity index (χ0) is 18.8. The fourth-order valence-electron chi connectivity index (χ4n) is 3.58. The van der Waals surface area contributed by atoms with Crippen LogP contribution in [0, 0.1) is 25.6 Å². The highest BCUT2D eigenvalue weighted by molar-refractivity contribution is 5.89. The van der Waals surface area contributed by atoms with Crippen molar-refractivity contribution in [3.05, 3.63) is 47.7 Å². The second kappa shape index (κ2) is 7.60. The zero-order valence-corrected chi connectivity index (χ0v) is 15.7. The van der Waals surface area contributed by atoms with Gasteiger partial charge in [-0.3, -0.25) is 4.90 Å². The lowest BCUT2D eigenvalue weighted by Crippen LogP contribution is -2.35. The maximum atomic E-state index is 13.9. The molecule has 0 unspecified atom stereocenters. The Bertz CT molecular complexity index is 914. The van der Waals surface area contributed by atoms with E-state index < -0.39 is 0 Å². The number of anilines is 1. The Balaban J connectivity index is 1.32. The van der Waals surface area contributed by atoms with Crippen LogP contribution in [0.1, 0.15) is 30.2 Å². The van der Waals surface area contributed by atoms with Gasteiger partial charge in [0.15, 0.2) is 0 Å². The number of likely N-dealkylation sites (tertiary alicyclic amines) is 1. The fourth-order valence-corrected chi connectivity index (χ4v) is 3.58. The largest absolute Gasteiger partial charge is 0.444 e. The van der Waals surface area contributed by atoms with Crippen molar-refractivity contribution < 1.29 is 8.81 Å². The van der Waals surface area contributed by atoms with Crippen LogP contribution in [0.3, 0.4) is 0 Å². The zero-order valence-electron chi connectivity index (χ0n) is 15.7. The van der Waals surface area contributed by atoms with Gasteiger partial charge in [0.1, 0.15) is 29.2 Å². The summed E-state index contributed by atoms with van der Waals surface area (Å²) >= 11 is 0. The molecule has 0 spiro atoms. The summed E-state index contributed by atoms with van der Waals surface area (Å²) in [6, 6.07) is 4.96. The van der Waals surface area contributed by atoms with Crippen LogP contribution < -0.4 is 5.32 Å². The maximum Gasteiger partial charge on any atom is 0.208 e. The minimum Gasteiger partial charge on any atom is -0.444 e. The Morgan fingerprint density at radius 2 is 2.04 bits per heavy atom. The van der Waals surface area contributed by atoms with Crippen LogP contribution in [0.25, 0.3) is 10.9 Å². The number of hydrogen-bond acceptors (Lipinski definition) is 6. The topological polar surface area (TPSA) is 67.1 Å². The molecule has 27 heavy (non-hydrogen) atoms. The van der Waals surface area contributed by atoms with Crippen LogP contribution in [0.5, 0.6) is 0 Å². The smallest absolute Gasteiger partial charge is 0.208 e. The molecule has 1 saturated heterocycles. The Morgan fingerprint density at radius 3 is 2.78 bits per heavy atom. The number of para-hydroxylation sites is 1. The summed E-state index contributed by atoms with van der Waals surface area (Å²) in [5, 5.41) is 4.12. The van der Waals surface area contributed by atoms with Crippen molar-refractivity contribution in [2.45, 2.75) is 33.2 Å². The van der Waals surface area contributed by atoms with Crippen molar-refractivity contribution in [3.63, 3.8) is 0 Å². The van der Waals surface area contributed by atoms with E-state index in [0.29, 0.717) is 17.3 Å². The maximum absolute atomic E-state index is 13.9. The number of hydrogen-bond donors (Lipinski definition) is 1. The molecule has 6 nitrogen and oxygen atoms in total. The first-order chi connectivity index (χ1) is 13.1. The van der Waals surface area contributed by atoms with Crippen LogP contribution in [0.4, 0.5) is 10.2 Å². The van der Waals surface area contributed by atoms with Crippen LogP contribution in [0.2, 0.25) is 0 Å². The lowest BCUT2D eigenvalue weighted by atomic mass is 9.97. The Labute approximate surface area is 157 Å². The third kappa shape index (κ3) is 3.93. The van der Waals surface area contributed by atoms with E-state index in [9.17, 15) is 4.39 Å². The molecule has 1 aliphatic rings. The number of nitrogens with zero attached hydrogens (tertiary/aromatic N) is 4. The molecular formula is C20H24FN5O. The van der Waals surface area contributed by atoms with Crippen LogP contribution >= 0.6 is 0 Å². The molecule has 0 atom stereocenters. The summed E-state index contributed by atoms with van der Waals surface area (Å²) in [6.07, 6.45) is 3.61. The molecule has 1 aromatic carbocycles. The summed E-state index contributed by atoms with van der Waals surface area (Å²) in [5.74, 6) is 2.65. The van der Waals surface area contributed by atoms with Gasteiger partial charge in [-0.05, 0) is 57.8 Å². The SMILES string of the molecule is Cc1nc(CN2CCC(CNc3ncnc4c(F)cccc34)CC2)oc1C. The molecule has 1 aliphatic heterocycles. The predicted molar refractivity (Wildman–Crippen MR) is 102 cm³/mol. The number of fused-ring (bicyclic) bond motifs is 1. The normalized spacial score (nSPS) is 16.1. The summed E-state index contributed by atoms with van der Waals surface area (Å²) in [7, 11) is 0. The van der Waals surface area contributed by atoms with Gasteiger partial charge in [0, 0.05) is 11.9 Å². The molecule has 0 radical (unpaired) electrons. The van der Waals surface area contributed by atoms with Crippen molar-refractivity contribution in [3.8, 4) is 0 Å². The monoisotopic (exact) mass is 369 g/mol. The summed E-state index contributed by atoms with van der Waals surface area (Å²) in [4.78, 5) is 15.2. The van der Waals surface area contributed by atoms with E-state index in [-0.39, 0.29) is 5.82 Å². The van der Waals surface area contributed by atoms with E-state index in [2.05, 4.69) is 25.2 Å². The van der Waals surface area contributed by atoms with E-state index in [1.807, 2.05) is 19.9 Å². The van der Waals surface area contributed by atoms with E-state index in [4.69, 9.17) is 4.42 Å². The number of halogens is 1.